The van der Waals surface area contributed by atoms with E-state index in [4.69, 9.17) is 11.5 Å². The van der Waals surface area contributed by atoms with Gasteiger partial charge in [0.1, 0.15) is 0 Å². The number of allylic oxidation sites excluding steroid dienone is 2. The monoisotopic (exact) mass is 266 g/mol. The Morgan fingerprint density at radius 2 is 0.950 bits per heavy atom. The van der Waals surface area contributed by atoms with Gasteiger partial charge in [0.25, 0.3) is 0 Å². The topological polar surface area (TPSA) is 86.2 Å². The van der Waals surface area contributed by atoms with Crippen LogP contribution in [0.2, 0.25) is 0 Å². The molecule has 0 aromatic heterocycles. The van der Waals surface area contributed by atoms with E-state index in [2.05, 4.69) is 0 Å². The first-order chi connectivity index (χ1) is 9.56. The van der Waals surface area contributed by atoms with Crippen LogP contribution in [-0.2, 0) is 0 Å². The van der Waals surface area contributed by atoms with Gasteiger partial charge in [0.15, 0.2) is 11.6 Å². The van der Waals surface area contributed by atoms with Crippen molar-refractivity contribution in [1.82, 2.24) is 0 Å². The van der Waals surface area contributed by atoms with Gasteiger partial charge in [-0.15, -0.1) is 0 Å². The van der Waals surface area contributed by atoms with Crippen molar-refractivity contribution in [2.75, 3.05) is 11.5 Å². The molecule has 0 bridgehead atoms. The highest BCUT2D eigenvalue weighted by atomic mass is 16.1. The quantitative estimate of drug-likeness (QED) is 0.505. The maximum Gasteiger partial charge on any atom is 0.185 e. The minimum Gasteiger partial charge on any atom is -0.399 e. The van der Waals surface area contributed by atoms with E-state index in [9.17, 15) is 9.59 Å². The zero-order valence-corrected chi connectivity index (χ0v) is 10.7. The predicted molar refractivity (Wildman–Crippen MR) is 79.5 cm³/mol. The van der Waals surface area contributed by atoms with E-state index in [1.807, 2.05) is 0 Å². The van der Waals surface area contributed by atoms with Gasteiger partial charge in [-0.05, 0) is 60.7 Å². The average molecular weight is 266 g/mol. The third-order valence-electron chi connectivity index (χ3n) is 2.78. The van der Waals surface area contributed by atoms with Crippen LogP contribution in [0, 0.1) is 0 Å². The summed E-state index contributed by atoms with van der Waals surface area (Å²) >= 11 is 0. The Bertz CT molecular complexity index is 596. The lowest BCUT2D eigenvalue weighted by Gasteiger charge is -1.98. The summed E-state index contributed by atoms with van der Waals surface area (Å²) < 4.78 is 0. The van der Waals surface area contributed by atoms with Gasteiger partial charge in [-0.2, -0.15) is 0 Å². The number of carbonyl (C=O) groups excluding carboxylic acids is 2. The van der Waals surface area contributed by atoms with Crippen molar-refractivity contribution >= 4 is 22.9 Å². The van der Waals surface area contributed by atoms with E-state index >= 15 is 0 Å². The molecule has 20 heavy (non-hydrogen) atoms. The largest absolute Gasteiger partial charge is 0.399 e. The molecule has 0 saturated carbocycles. The number of anilines is 2. The van der Waals surface area contributed by atoms with Crippen LogP contribution in [0.1, 0.15) is 20.7 Å². The summed E-state index contributed by atoms with van der Waals surface area (Å²) in [6.07, 6.45) is 2.51. The second-order valence-electron chi connectivity index (χ2n) is 4.31. The summed E-state index contributed by atoms with van der Waals surface area (Å²) in [4.78, 5) is 23.7. The van der Waals surface area contributed by atoms with E-state index in [-0.39, 0.29) is 11.6 Å². The molecule has 4 heteroatoms. The highest BCUT2D eigenvalue weighted by Crippen LogP contribution is 2.09. The van der Waals surface area contributed by atoms with Gasteiger partial charge < -0.3 is 11.5 Å². The zero-order valence-electron chi connectivity index (χ0n) is 10.7. The molecule has 2 rings (SSSR count). The molecule has 0 aliphatic carbocycles. The molecule has 0 amide bonds. The minimum atomic E-state index is -0.242. The van der Waals surface area contributed by atoms with Crippen LogP contribution in [0.4, 0.5) is 11.4 Å². The Labute approximate surface area is 116 Å². The lowest BCUT2D eigenvalue weighted by atomic mass is 10.1. The van der Waals surface area contributed by atoms with Crippen LogP contribution < -0.4 is 11.5 Å². The summed E-state index contributed by atoms with van der Waals surface area (Å²) in [7, 11) is 0. The number of ketones is 2. The van der Waals surface area contributed by atoms with Crippen molar-refractivity contribution in [1.29, 1.82) is 0 Å². The maximum atomic E-state index is 11.8. The van der Waals surface area contributed by atoms with Gasteiger partial charge in [0.2, 0.25) is 0 Å². The number of hydrogen-bond donors (Lipinski definition) is 2. The molecular weight excluding hydrogens is 252 g/mol. The van der Waals surface area contributed by atoms with Crippen LogP contribution in [0.15, 0.2) is 60.7 Å². The standard InChI is InChI=1S/C16H14N2O2/c17-13-5-1-11(2-6-13)15(19)9-10-16(20)12-3-7-14(18)8-4-12/h1-10H,17-18H2. The van der Waals surface area contributed by atoms with Gasteiger partial charge >= 0.3 is 0 Å². The van der Waals surface area contributed by atoms with Crippen LogP contribution in [0.3, 0.4) is 0 Å². The molecule has 0 saturated heterocycles. The molecule has 4 nitrogen and oxygen atoms in total. The van der Waals surface area contributed by atoms with Crippen LogP contribution in [0.5, 0.6) is 0 Å². The molecule has 4 N–H and O–H groups in total. The summed E-state index contributed by atoms with van der Waals surface area (Å²) in [5.41, 5.74) is 13.2. The lowest BCUT2D eigenvalue weighted by molar-refractivity contribution is 0.102. The molecule has 0 unspecified atom stereocenters. The number of hydrogen-bond acceptors (Lipinski definition) is 4. The third kappa shape index (κ3) is 3.32. The number of rotatable bonds is 4. The number of nitrogens with two attached hydrogens (primary N) is 2. The van der Waals surface area contributed by atoms with Crippen LogP contribution in [0.25, 0.3) is 0 Å². The van der Waals surface area contributed by atoms with Crippen molar-refractivity contribution < 1.29 is 9.59 Å². The van der Waals surface area contributed by atoms with Crippen molar-refractivity contribution in [3.8, 4) is 0 Å². The Morgan fingerprint density at radius 1 is 0.650 bits per heavy atom. The highest BCUT2D eigenvalue weighted by molar-refractivity contribution is 6.12. The maximum absolute atomic E-state index is 11.8. The van der Waals surface area contributed by atoms with E-state index in [1.54, 1.807) is 48.5 Å². The summed E-state index contributed by atoms with van der Waals surface area (Å²) in [6.45, 7) is 0. The smallest absolute Gasteiger partial charge is 0.185 e. The van der Waals surface area contributed by atoms with Crippen molar-refractivity contribution in [3.63, 3.8) is 0 Å². The molecule has 2 aromatic carbocycles. The first-order valence-electron chi connectivity index (χ1n) is 6.04. The molecule has 0 fully saturated rings. The van der Waals surface area contributed by atoms with E-state index in [1.165, 1.54) is 12.2 Å². The number of nitrogen functional groups attached to an aromatic ring is 2. The first kappa shape index (κ1) is 13.5. The van der Waals surface area contributed by atoms with Gasteiger partial charge in [0, 0.05) is 22.5 Å². The van der Waals surface area contributed by atoms with Gasteiger partial charge in [-0.1, -0.05) is 0 Å². The van der Waals surface area contributed by atoms with Gasteiger partial charge in [-0.25, -0.2) is 0 Å². The molecule has 0 atom stereocenters. The Morgan fingerprint density at radius 3 is 1.25 bits per heavy atom. The molecule has 0 aliphatic rings. The lowest BCUT2D eigenvalue weighted by Crippen LogP contribution is -1.99. The molecule has 0 heterocycles. The SMILES string of the molecule is Nc1ccc(C(=O)C=CC(=O)c2ccc(N)cc2)cc1. The fourth-order valence-corrected chi connectivity index (χ4v) is 1.64. The van der Waals surface area contributed by atoms with Gasteiger partial charge in [-0.3, -0.25) is 9.59 Å². The molecule has 0 radical (unpaired) electrons. The van der Waals surface area contributed by atoms with Crippen molar-refractivity contribution in [2.24, 2.45) is 0 Å². The van der Waals surface area contributed by atoms with E-state index < -0.39 is 0 Å². The molecular formula is C16H14N2O2. The fraction of sp³-hybridized carbons (Fsp3) is 0. The number of benzene rings is 2. The third-order valence-corrected chi connectivity index (χ3v) is 2.78. The van der Waals surface area contributed by atoms with Crippen LogP contribution >= 0.6 is 0 Å². The molecule has 0 aliphatic heterocycles. The Balaban J connectivity index is 2.09. The Hall–Kier alpha value is -2.88. The number of carbonyl (C=O) groups is 2. The zero-order chi connectivity index (χ0) is 14.5. The summed E-state index contributed by atoms with van der Waals surface area (Å²) in [5.74, 6) is -0.484. The molecule has 100 valence electrons. The minimum absolute atomic E-state index is 0.242. The van der Waals surface area contributed by atoms with E-state index in [0.717, 1.165) is 0 Å². The van der Waals surface area contributed by atoms with Gasteiger partial charge in [0.05, 0.1) is 0 Å². The van der Waals surface area contributed by atoms with E-state index in [0.29, 0.717) is 22.5 Å². The molecule has 0 spiro atoms. The Kier molecular flexibility index (Phi) is 3.96. The normalized spacial score (nSPS) is 10.6. The van der Waals surface area contributed by atoms with Crippen molar-refractivity contribution in [3.05, 3.63) is 71.8 Å². The summed E-state index contributed by atoms with van der Waals surface area (Å²) in [6, 6.07) is 13.0. The predicted octanol–water partition coefficient (Wildman–Crippen LogP) is 2.47. The average Bonchev–Trinajstić information content (AvgIpc) is 2.46. The van der Waals surface area contributed by atoms with Crippen LogP contribution in [-0.4, -0.2) is 11.6 Å². The highest BCUT2D eigenvalue weighted by Gasteiger charge is 2.04. The fourth-order valence-electron chi connectivity index (χ4n) is 1.64. The molecule has 2 aromatic rings. The first-order valence-corrected chi connectivity index (χ1v) is 6.04. The second kappa shape index (κ2) is 5.84. The summed E-state index contributed by atoms with van der Waals surface area (Å²) in [5, 5.41) is 0. The second-order valence-corrected chi connectivity index (χ2v) is 4.31. The van der Waals surface area contributed by atoms with Crippen molar-refractivity contribution in [2.45, 2.75) is 0 Å².